The van der Waals surface area contributed by atoms with Crippen LogP contribution >= 0.6 is 11.6 Å². The number of imidazole rings is 2. The molecule has 14 rings (SSSR count). The molecule has 0 fully saturated rings. The molecular weight excluding hydrogens is 1040 g/mol. The van der Waals surface area contributed by atoms with Crippen molar-refractivity contribution in [2.45, 2.75) is 40.2 Å². The van der Waals surface area contributed by atoms with E-state index in [0.717, 1.165) is 89.6 Å². The first-order valence-electron chi connectivity index (χ1n) is 27.9. The Balaban J connectivity index is 0.000000143. The number of aromatic nitrogens is 4. The van der Waals surface area contributed by atoms with Gasteiger partial charge in [-0.05, 0) is 120 Å². The summed E-state index contributed by atoms with van der Waals surface area (Å²) in [4.78, 5) is 10.5. The molecule has 0 amide bonds. The van der Waals surface area contributed by atoms with Crippen molar-refractivity contribution in [2.75, 3.05) is 0 Å². The molecule has 0 aliphatic rings. The van der Waals surface area contributed by atoms with Gasteiger partial charge in [0.25, 0.3) is 0 Å². The predicted octanol–water partition coefficient (Wildman–Crippen LogP) is 20.2. The zero-order chi connectivity index (χ0) is 57.1. The van der Waals surface area contributed by atoms with Crippen LogP contribution in [0.1, 0.15) is 44.5 Å². The van der Waals surface area contributed by atoms with Crippen LogP contribution in [-0.4, -0.2) is 24.2 Å². The van der Waals surface area contributed by atoms with Crippen molar-refractivity contribution in [2.24, 2.45) is 0 Å². The minimum atomic E-state index is 0.251. The Bertz CT molecular complexity index is 4700. The van der Waals surface area contributed by atoms with E-state index in [9.17, 15) is 5.11 Å². The summed E-state index contributed by atoms with van der Waals surface area (Å²) in [6.45, 7) is 16.6. The summed E-state index contributed by atoms with van der Waals surface area (Å²) >= 11 is 5.60. The van der Waals surface area contributed by atoms with Crippen LogP contribution in [0.15, 0.2) is 244 Å². The standard InChI is InChI=1S/C38H30N2O.C29H22N2O.C9H9Cl/c1-4-27-12-14-28(15-13-27)24-41-31-18-16-30(17-19-31)40-37-33-21-11-26(3)23-35(33)34-22-25(2)10-20-32(34)36(37)39-38(40)29-8-6-5-7-9-29;1-18-8-14-23-25(16-18)26-17-19(2)9-15-24(26)28-27(23)30-29(20-6-4-3-5-7-20)31(28)21-10-12-22(32)13-11-21;1-2-8-3-5-9(7-10)6-4-8/h4-23H,1,24H2,2-3H3;3-17,32H,1-2H3;2-6H,1,7H2. The molecule has 0 saturated carbocycles. The van der Waals surface area contributed by atoms with E-state index in [1.807, 2.05) is 84.9 Å². The summed E-state index contributed by atoms with van der Waals surface area (Å²) in [6, 6.07) is 79.4. The lowest BCUT2D eigenvalue weighted by Crippen LogP contribution is -1.99. The van der Waals surface area contributed by atoms with Gasteiger partial charge in [0.1, 0.15) is 29.8 Å². The molecule has 14 aromatic rings. The van der Waals surface area contributed by atoms with Crippen LogP contribution < -0.4 is 4.74 Å². The molecule has 0 spiro atoms. The number of phenolic OH excluding ortho intramolecular Hbond substituents is 1. The van der Waals surface area contributed by atoms with Crippen LogP contribution in [0, 0.1) is 27.7 Å². The van der Waals surface area contributed by atoms with E-state index < -0.39 is 0 Å². The molecule has 0 saturated heterocycles. The maximum Gasteiger partial charge on any atom is 0.145 e. The first-order chi connectivity index (χ1) is 40.5. The van der Waals surface area contributed by atoms with Gasteiger partial charge in [-0.2, -0.15) is 0 Å². The normalized spacial score (nSPS) is 11.2. The van der Waals surface area contributed by atoms with Crippen molar-refractivity contribution in [1.82, 2.24) is 19.1 Å². The Morgan fingerprint density at radius 1 is 0.422 bits per heavy atom. The van der Waals surface area contributed by atoms with E-state index in [1.165, 1.54) is 60.0 Å². The Labute approximate surface area is 489 Å². The van der Waals surface area contributed by atoms with Crippen LogP contribution in [0.4, 0.5) is 0 Å². The molecule has 0 radical (unpaired) electrons. The van der Waals surface area contributed by atoms with Gasteiger partial charge in [-0.15, -0.1) is 11.6 Å². The Morgan fingerprint density at radius 3 is 1.19 bits per heavy atom. The summed E-state index contributed by atoms with van der Waals surface area (Å²) in [5.41, 5.74) is 17.8. The lowest BCUT2D eigenvalue weighted by Gasteiger charge is -2.14. The summed E-state index contributed by atoms with van der Waals surface area (Å²) in [5, 5.41) is 19.5. The molecule has 0 bridgehead atoms. The van der Waals surface area contributed by atoms with E-state index in [2.05, 4.69) is 196 Å². The third-order valence-corrected chi connectivity index (χ3v) is 15.6. The molecule has 404 valence electrons. The summed E-state index contributed by atoms with van der Waals surface area (Å²) < 4.78 is 10.7. The number of fused-ring (bicyclic) bond motifs is 12. The van der Waals surface area contributed by atoms with Gasteiger partial charge in [-0.1, -0.05) is 230 Å². The number of ether oxygens (including phenoxy) is 1. The van der Waals surface area contributed by atoms with Crippen LogP contribution in [-0.2, 0) is 12.5 Å². The van der Waals surface area contributed by atoms with Crippen molar-refractivity contribution in [3.63, 3.8) is 0 Å². The fourth-order valence-corrected chi connectivity index (χ4v) is 11.3. The maximum atomic E-state index is 9.90. The molecule has 2 aromatic heterocycles. The largest absolute Gasteiger partial charge is 0.508 e. The molecule has 6 nitrogen and oxygen atoms in total. The molecule has 0 unspecified atom stereocenters. The highest BCUT2D eigenvalue weighted by Gasteiger charge is 2.22. The molecule has 0 aliphatic carbocycles. The predicted molar refractivity (Wildman–Crippen MR) is 351 cm³/mol. The minimum Gasteiger partial charge on any atom is -0.508 e. The van der Waals surface area contributed by atoms with Crippen LogP contribution in [0.2, 0.25) is 0 Å². The second-order valence-corrected chi connectivity index (χ2v) is 21.5. The summed E-state index contributed by atoms with van der Waals surface area (Å²) in [6.07, 6.45) is 3.67. The van der Waals surface area contributed by atoms with Gasteiger partial charge < -0.3 is 9.84 Å². The van der Waals surface area contributed by atoms with E-state index in [1.54, 1.807) is 12.1 Å². The Hall–Kier alpha value is -10.0. The molecule has 2 heterocycles. The fourth-order valence-electron chi connectivity index (χ4n) is 11.1. The van der Waals surface area contributed by atoms with E-state index in [-0.39, 0.29) is 5.75 Å². The smallest absolute Gasteiger partial charge is 0.145 e. The van der Waals surface area contributed by atoms with Gasteiger partial charge in [0.2, 0.25) is 0 Å². The number of aromatic hydroxyl groups is 1. The average Bonchev–Trinajstić information content (AvgIpc) is 3.17. The maximum absolute atomic E-state index is 9.90. The van der Waals surface area contributed by atoms with E-state index >= 15 is 0 Å². The monoisotopic (exact) mass is 1100 g/mol. The number of benzene rings is 12. The highest BCUT2D eigenvalue weighted by molar-refractivity contribution is 6.25. The third kappa shape index (κ3) is 10.8. The first-order valence-corrected chi connectivity index (χ1v) is 28.4. The highest BCUT2D eigenvalue weighted by atomic mass is 35.5. The molecule has 83 heavy (non-hydrogen) atoms. The number of hydrogen-bond acceptors (Lipinski definition) is 4. The molecule has 7 heteroatoms. The van der Waals surface area contributed by atoms with E-state index in [0.29, 0.717) is 12.5 Å². The molecule has 0 aliphatic heterocycles. The van der Waals surface area contributed by atoms with E-state index in [4.69, 9.17) is 26.3 Å². The lowest BCUT2D eigenvalue weighted by molar-refractivity contribution is 0.306. The minimum absolute atomic E-state index is 0.251. The van der Waals surface area contributed by atoms with Gasteiger partial charge in [0.05, 0.1) is 22.1 Å². The number of nitrogens with zero attached hydrogens (tertiary/aromatic N) is 4. The van der Waals surface area contributed by atoms with Crippen molar-refractivity contribution >= 4 is 88.9 Å². The first kappa shape index (κ1) is 53.6. The Kier molecular flexibility index (Phi) is 15.0. The molecule has 0 atom stereocenters. The molecular formula is C76H61ClN4O2. The van der Waals surface area contributed by atoms with Crippen LogP contribution in [0.25, 0.3) is 111 Å². The quantitative estimate of drug-likeness (QED) is 0.109. The number of phenols is 1. The summed E-state index contributed by atoms with van der Waals surface area (Å²) in [5.74, 6) is 3.47. The average molecular weight is 1100 g/mol. The highest BCUT2D eigenvalue weighted by Crippen LogP contribution is 2.42. The summed E-state index contributed by atoms with van der Waals surface area (Å²) in [7, 11) is 0. The van der Waals surface area contributed by atoms with Crippen molar-refractivity contribution in [3.8, 4) is 45.6 Å². The van der Waals surface area contributed by atoms with Gasteiger partial charge >= 0.3 is 0 Å². The number of rotatable bonds is 10. The van der Waals surface area contributed by atoms with Crippen LogP contribution in [0.5, 0.6) is 11.5 Å². The topological polar surface area (TPSA) is 65.1 Å². The van der Waals surface area contributed by atoms with Crippen molar-refractivity contribution in [1.29, 1.82) is 0 Å². The number of aryl methyl sites for hydroxylation is 4. The molecule has 12 aromatic carbocycles. The van der Waals surface area contributed by atoms with Crippen molar-refractivity contribution < 1.29 is 9.84 Å². The van der Waals surface area contributed by atoms with Crippen LogP contribution in [0.3, 0.4) is 0 Å². The third-order valence-electron chi connectivity index (χ3n) is 15.3. The zero-order valence-corrected chi connectivity index (χ0v) is 47.7. The second-order valence-electron chi connectivity index (χ2n) is 21.2. The van der Waals surface area contributed by atoms with Gasteiger partial charge in [-0.3, -0.25) is 9.13 Å². The van der Waals surface area contributed by atoms with Gasteiger partial charge in [0.15, 0.2) is 0 Å². The number of hydrogen-bond donors (Lipinski definition) is 1. The molecule has 1 N–H and O–H groups in total. The fraction of sp³-hybridized carbons (Fsp3) is 0.0789. The number of halogens is 1. The zero-order valence-electron chi connectivity index (χ0n) is 46.9. The van der Waals surface area contributed by atoms with Crippen molar-refractivity contribution in [3.05, 3.63) is 288 Å². The lowest BCUT2D eigenvalue weighted by atomic mass is 9.97. The SMILES string of the molecule is C=Cc1ccc(CCl)cc1.C=Cc1ccc(COc2ccc(-n3c(-c4ccccc4)nc4c5ccc(C)cc5c5cc(C)ccc5c43)cc2)cc1.Cc1ccc2c(c1)c1cc(C)ccc1c1c2nc(-c2ccccc2)n1-c1ccc(O)cc1. The Morgan fingerprint density at radius 2 is 0.795 bits per heavy atom. The van der Waals surface area contributed by atoms with Gasteiger partial charge in [0, 0.05) is 49.9 Å². The number of alkyl halides is 1. The van der Waals surface area contributed by atoms with Gasteiger partial charge in [-0.25, -0.2) is 9.97 Å². The second kappa shape index (κ2) is 23.2.